The van der Waals surface area contributed by atoms with E-state index in [-0.39, 0.29) is 24.5 Å². The van der Waals surface area contributed by atoms with E-state index in [1.807, 2.05) is 44.2 Å². The van der Waals surface area contributed by atoms with Crippen molar-refractivity contribution in [2.75, 3.05) is 6.61 Å². The van der Waals surface area contributed by atoms with Crippen molar-refractivity contribution in [2.24, 2.45) is 0 Å². The van der Waals surface area contributed by atoms with Crippen molar-refractivity contribution in [3.63, 3.8) is 0 Å². The first-order valence-corrected chi connectivity index (χ1v) is 11.3. The van der Waals surface area contributed by atoms with Crippen LogP contribution in [0.2, 0.25) is 5.02 Å². The maximum absolute atomic E-state index is 13.2. The highest BCUT2D eigenvalue weighted by Crippen LogP contribution is 2.22. The third-order valence-electron chi connectivity index (χ3n) is 6.04. The Morgan fingerprint density at radius 2 is 1.81 bits per heavy atom. The number of halogens is 1. The molecule has 0 saturated heterocycles. The maximum atomic E-state index is 13.2. The quantitative estimate of drug-likeness (QED) is 0.638. The summed E-state index contributed by atoms with van der Waals surface area (Å²) >= 11 is 6.00. The zero-order chi connectivity index (χ0) is 22.4. The number of ether oxygens (including phenoxy) is 1. The number of carbonyl (C=O) groups excluding carboxylic acids is 2. The van der Waals surface area contributed by atoms with E-state index in [2.05, 4.69) is 5.32 Å². The Balaban J connectivity index is 1.73. The molecule has 31 heavy (non-hydrogen) atoms. The second-order valence-corrected chi connectivity index (χ2v) is 8.74. The molecule has 1 unspecified atom stereocenters. The number of hydrogen-bond acceptors (Lipinski definition) is 3. The smallest absolute Gasteiger partial charge is 0.261 e. The number of amides is 2. The molecule has 0 bridgehead atoms. The van der Waals surface area contributed by atoms with E-state index in [9.17, 15) is 9.59 Å². The molecule has 2 aromatic rings. The summed E-state index contributed by atoms with van der Waals surface area (Å²) in [5.41, 5.74) is 3.02. The van der Waals surface area contributed by atoms with Crippen LogP contribution in [0.15, 0.2) is 42.5 Å². The molecule has 1 atom stereocenters. The van der Waals surface area contributed by atoms with Gasteiger partial charge in [-0.05, 0) is 68.5 Å². The fraction of sp³-hybridized carbons (Fsp3) is 0.440. The van der Waals surface area contributed by atoms with Gasteiger partial charge in [-0.3, -0.25) is 9.59 Å². The number of nitrogens with zero attached hydrogens (tertiary/aromatic N) is 1. The topological polar surface area (TPSA) is 58.6 Å². The SMILES string of the molecule is Cc1cccc(OCC(=O)N(Cc2ccc(Cl)cc2)C(C)C(=O)NC2CCCC2)c1C. The van der Waals surface area contributed by atoms with Crippen molar-refractivity contribution < 1.29 is 14.3 Å². The number of nitrogens with one attached hydrogen (secondary N) is 1. The first kappa shape index (κ1) is 23.1. The Bertz CT molecular complexity index is 907. The highest BCUT2D eigenvalue weighted by Gasteiger charge is 2.28. The minimum absolute atomic E-state index is 0.124. The third kappa shape index (κ3) is 6.23. The molecule has 1 aliphatic carbocycles. The van der Waals surface area contributed by atoms with Crippen LogP contribution in [-0.4, -0.2) is 35.4 Å². The summed E-state index contributed by atoms with van der Waals surface area (Å²) in [5, 5.41) is 3.74. The van der Waals surface area contributed by atoms with Crippen molar-refractivity contribution in [1.29, 1.82) is 0 Å². The second kappa shape index (κ2) is 10.7. The fourth-order valence-electron chi connectivity index (χ4n) is 3.86. The van der Waals surface area contributed by atoms with Gasteiger partial charge in [-0.25, -0.2) is 0 Å². The van der Waals surface area contributed by atoms with Crippen molar-refractivity contribution in [3.05, 3.63) is 64.2 Å². The van der Waals surface area contributed by atoms with E-state index in [0.29, 0.717) is 17.3 Å². The molecular weight excluding hydrogens is 412 g/mol. The minimum Gasteiger partial charge on any atom is -0.483 e. The molecule has 0 aromatic heterocycles. The molecule has 1 aliphatic rings. The molecule has 5 nitrogen and oxygen atoms in total. The van der Waals surface area contributed by atoms with Crippen LogP contribution >= 0.6 is 11.6 Å². The van der Waals surface area contributed by atoms with Crippen LogP contribution in [-0.2, 0) is 16.1 Å². The maximum Gasteiger partial charge on any atom is 0.261 e. The summed E-state index contributed by atoms with van der Waals surface area (Å²) in [5.74, 6) is 0.328. The molecule has 6 heteroatoms. The van der Waals surface area contributed by atoms with Gasteiger partial charge in [0.15, 0.2) is 6.61 Å². The molecule has 2 amide bonds. The van der Waals surface area contributed by atoms with Gasteiger partial charge in [0.2, 0.25) is 5.91 Å². The summed E-state index contributed by atoms with van der Waals surface area (Å²) in [6, 6.07) is 12.7. The third-order valence-corrected chi connectivity index (χ3v) is 6.29. The zero-order valence-corrected chi connectivity index (χ0v) is 19.2. The van der Waals surface area contributed by atoms with E-state index in [4.69, 9.17) is 16.3 Å². The van der Waals surface area contributed by atoms with Crippen LogP contribution in [0.5, 0.6) is 5.75 Å². The highest BCUT2D eigenvalue weighted by atomic mass is 35.5. The monoisotopic (exact) mass is 442 g/mol. The standard InChI is InChI=1S/C25H31ClN2O3/c1-17-7-6-10-23(18(17)2)31-16-24(29)28(15-20-11-13-21(26)14-12-20)19(3)25(30)27-22-8-4-5-9-22/h6-7,10-14,19,22H,4-5,8-9,15-16H2,1-3H3,(H,27,30). The number of rotatable bonds is 8. The number of benzene rings is 2. The molecule has 2 aromatic carbocycles. The predicted octanol–water partition coefficient (Wildman–Crippen LogP) is 4.81. The average molecular weight is 443 g/mol. The minimum atomic E-state index is -0.606. The molecule has 3 rings (SSSR count). The van der Waals surface area contributed by atoms with Crippen molar-refractivity contribution in [3.8, 4) is 5.75 Å². The van der Waals surface area contributed by atoms with Gasteiger partial charge < -0.3 is 15.0 Å². The number of aryl methyl sites for hydroxylation is 1. The highest BCUT2D eigenvalue weighted by molar-refractivity contribution is 6.30. The normalized spacial score (nSPS) is 14.8. The lowest BCUT2D eigenvalue weighted by Gasteiger charge is -2.29. The van der Waals surface area contributed by atoms with E-state index in [0.717, 1.165) is 42.4 Å². The van der Waals surface area contributed by atoms with Crippen LogP contribution in [0.4, 0.5) is 0 Å². The average Bonchev–Trinajstić information content (AvgIpc) is 3.26. The number of carbonyl (C=O) groups is 2. The Morgan fingerprint density at radius 1 is 1.13 bits per heavy atom. The molecule has 166 valence electrons. The van der Waals surface area contributed by atoms with Crippen molar-refractivity contribution in [1.82, 2.24) is 10.2 Å². The molecule has 0 radical (unpaired) electrons. The molecule has 1 saturated carbocycles. The van der Waals surface area contributed by atoms with Crippen molar-refractivity contribution >= 4 is 23.4 Å². The molecular formula is C25H31ClN2O3. The van der Waals surface area contributed by atoms with Gasteiger partial charge in [0.05, 0.1) is 0 Å². The van der Waals surface area contributed by atoms with Crippen LogP contribution < -0.4 is 10.1 Å². The van der Waals surface area contributed by atoms with E-state index >= 15 is 0 Å². The van der Waals surface area contributed by atoms with Gasteiger partial charge in [-0.1, -0.05) is 48.7 Å². The first-order chi connectivity index (χ1) is 14.8. The van der Waals surface area contributed by atoms with Crippen LogP contribution in [0, 0.1) is 13.8 Å². The summed E-state index contributed by atoms with van der Waals surface area (Å²) in [6.07, 6.45) is 4.27. The number of hydrogen-bond donors (Lipinski definition) is 1. The molecule has 0 heterocycles. The van der Waals surface area contributed by atoms with Gasteiger partial charge >= 0.3 is 0 Å². The van der Waals surface area contributed by atoms with E-state index in [1.54, 1.807) is 24.0 Å². The second-order valence-electron chi connectivity index (χ2n) is 8.30. The molecule has 1 fully saturated rings. The van der Waals surface area contributed by atoms with E-state index < -0.39 is 6.04 Å². The van der Waals surface area contributed by atoms with Gasteiger partial charge in [0.25, 0.3) is 5.91 Å². The summed E-state index contributed by atoms with van der Waals surface area (Å²) in [7, 11) is 0. The Labute approximate surface area is 189 Å². The van der Waals surface area contributed by atoms with Gasteiger partial charge in [0, 0.05) is 17.6 Å². The largest absolute Gasteiger partial charge is 0.483 e. The van der Waals surface area contributed by atoms with Crippen molar-refractivity contribution in [2.45, 2.75) is 65.1 Å². The molecule has 0 aliphatic heterocycles. The zero-order valence-electron chi connectivity index (χ0n) is 18.5. The fourth-order valence-corrected chi connectivity index (χ4v) is 3.99. The molecule has 0 spiro atoms. The van der Waals surface area contributed by atoms with Gasteiger partial charge in [-0.2, -0.15) is 0 Å². The lowest BCUT2D eigenvalue weighted by Crippen LogP contribution is -2.50. The van der Waals surface area contributed by atoms with Crippen LogP contribution in [0.3, 0.4) is 0 Å². The first-order valence-electron chi connectivity index (χ1n) is 10.9. The lowest BCUT2D eigenvalue weighted by atomic mass is 10.1. The molecule has 1 N–H and O–H groups in total. The summed E-state index contributed by atoms with van der Waals surface area (Å²) in [4.78, 5) is 27.6. The Kier molecular flexibility index (Phi) is 7.97. The lowest BCUT2D eigenvalue weighted by molar-refractivity contribution is -0.142. The summed E-state index contributed by atoms with van der Waals surface area (Å²) < 4.78 is 5.84. The van der Waals surface area contributed by atoms with Crippen LogP contribution in [0.1, 0.15) is 49.3 Å². The Hall–Kier alpha value is -2.53. The van der Waals surface area contributed by atoms with Crippen LogP contribution in [0.25, 0.3) is 0 Å². The predicted molar refractivity (Wildman–Crippen MR) is 123 cm³/mol. The Morgan fingerprint density at radius 3 is 2.48 bits per heavy atom. The van der Waals surface area contributed by atoms with Gasteiger partial charge in [0.1, 0.15) is 11.8 Å². The van der Waals surface area contributed by atoms with E-state index in [1.165, 1.54) is 0 Å². The summed E-state index contributed by atoms with van der Waals surface area (Å²) in [6.45, 7) is 5.94. The van der Waals surface area contributed by atoms with Gasteiger partial charge in [-0.15, -0.1) is 0 Å².